The predicted octanol–water partition coefficient (Wildman–Crippen LogP) is 3.76. The van der Waals surface area contributed by atoms with Crippen molar-refractivity contribution < 1.29 is 4.74 Å². The van der Waals surface area contributed by atoms with Gasteiger partial charge in [0.1, 0.15) is 5.75 Å². The van der Waals surface area contributed by atoms with Crippen LogP contribution in [0.3, 0.4) is 0 Å². The van der Waals surface area contributed by atoms with Gasteiger partial charge in [-0.05, 0) is 30.5 Å². The zero-order valence-corrected chi connectivity index (χ0v) is 12.1. The lowest BCUT2D eigenvalue weighted by Crippen LogP contribution is -2.25. The van der Waals surface area contributed by atoms with Crippen molar-refractivity contribution in [3.8, 4) is 18.1 Å². The van der Waals surface area contributed by atoms with Crippen molar-refractivity contribution in [2.75, 3.05) is 6.61 Å². The molecule has 2 nitrogen and oxygen atoms in total. The maximum absolute atomic E-state index is 5.68. The van der Waals surface area contributed by atoms with Gasteiger partial charge in [-0.25, -0.2) is 0 Å². The topological polar surface area (TPSA) is 21.3 Å². The first-order chi connectivity index (χ1) is 9.30. The van der Waals surface area contributed by atoms with Crippen LogP contribution in [-0.2, 0) is 6.54 Å². The SMILES string of the molecule is C#CC(CC)NCc1ccc(OCCCCC)cc1. The molecule has 19 heavy (non-hydrogen) atoms. The van der Waals surface area contributed by atoms with Crippen LogP contribution < -0.4 is 10.1 Å². The first kappa shape index (κ1) is 15.6. The Morgan fingerprint density at radius 2 is 1.95 bits per heavy atom. The van der Waals surface area contributed by atoms with E-state index in [1.54, 1.807) is 0 Å². The molecule has 0 spiro atoms. The highest BCUT2D eigenvalue weighted by atomic mass is 16.5. The Balaban J connectivity index is 2.33. The average Bonchev–Trinajstić information content (AvgIpc) is 2.46. The summed E-state index contributed by atoms with van der Waals surface area (Å²) in [7, 11) is 0. The van der Waals surface area contributed by atoms with Gasteiger partial charge in [-0.3, -0.25) is 5.32 Å². The van der Waals surface area contributed by atoms with Gasteiger partial charge in [0.25, 0.3) is 0 Å². The minimum absolute atomic E-state index is 0.157. The Hall–Kier alpha value is -1.46. The van der Waals surface area contributed by atoms with Gasteiger partial charge in [0.15, 0.2) is 0 Å². The number of hydrogen-bond donors (Lipinski definition) is 1. The van der Waals surface area contributed by atoms with Crippen LogP contribution in [0.1, 0.15) is 45.1 Å². The number of unbranched alkanes of at least 4 members (excludes halogenated alkanes) is 2. The number of terminal acetylenes is 1. The van der Waals surface area contributed by atoms with E-state index in [2.05, 4.69) is 37.2 Å². The van der Waals surface area contributed by atoms with Crippen LogP contribution in [0.4, 0.5) is 0 Å². The summed E-state index contributed by atoms with van der Waals surface area (Å²) in [6.45, 7) is 5.89. The largest absolute Gasteiger partial charge is 0.494 e. The summed E-state index contributed by atoms with van der Waals surface area (Å²) in [5.41, 5.74) is 1.23. The zero-order valence-electron chi connectivity index (χ0n) is 12.1. The molecule has 1 aromatic rings. The highest BCUT2D eigenvalue weighted by molar-refractivity contribution is 5.27. The second-order valence-corrected chi connectivity index (χ2v) is 4.71. The lowest BCUT2D eigenvalue weighted by molar-refractivity contribution is 0.306. The lowest BCUT2D eigenvalue weighted by Gasteiger charge is -2.11. The molecular formula is C17H25NO. The van der Waals surface area contributed by atoms with E-state index in [1.165, 1.54) is 18.4 Å². The van der Waals surface area contributed by atoms with E-state index < -0.39 is 0 Å². The van der Waals surface area contributed by atoms with E-state index in [9.17, 15) is 0 Å². The molecule has 0 amide bonds. The molecule has 104 valence electrons. The van der Waals surface area contributed by atoms with Gasteiger partial charge in [-0.15, -0.1) is 6.42 Å². The van der Waals surface area contributed by atoms with E-state index in [-0.39, 0.29) is 6.04 Å². The van der Waals surface area contributed by atoms with E-state index in [1.807, 2.05) is 12.1 Å². The fourth-order valence-corrected chi connectivity index (χ4v) is 1.81. The van der Waals surface area contributed by atoms with Crippen molar-refractivity contribution >= 4 is 0 Å². The van der Waals surface area contributed by atoms with Gasteiger partial charge < -0.3 is 4.74 Å². The molecule has 1 aromatic carbocycles. The van der Waals surface area contributed by atoms with Crippen LogP contribution >= 0.6 is 0 Å². The second kappa shape index (κ2) is 9.47. The summed E-state index contributed by atoms with van der Waals surface area (Å²) < 4.78 is 5.68. The van der Waals surface area contributed by atoms with E-state index >= 15 is 0 Å². The third-order valence-corrected chi connectivity index (χ3v) is 3.10. The molecule has 0 bridgehead atoms. The minimum atomic E-state index is 0.157. The van der Waals surface area contributed by atoms with Crippen LogP contribution in [0.25, 0.3) is 0 Å². The molecule has 2 heteroatoms. The van der Waals surface area contributed by atoms with E-state index in [0.717, 1.165) is 31.7 Å². The van der Waals surface area contributed by atoms with Crippen LogP contribution in [0.15, 0.2) is 24.3 Å². The van der Waals surface area contributed by atoms with Crippen LogP contribution in [-0.4, -0.2) is 12.6 Å². The number of hydrogen-bond acceptors (Lipinski definition) is 2. The van der Waals surface area contributed by atoms with Crippen LogP contribution in [0, 0.1) is 12.3 Å². The molecule has 1 rings (SSSR count). The minimum Gasteiger partial charge on any atom is -0.494 e. The first-order valence-corrected chi connectivity index (χ1v) is 7.21. The van der Waals surface area contributed by atoms with Crippen molar-refractivity contribution in [3.05, 3.63) is 29.8 Å². The molecule has 0 aromatic heterocycles. The summed E-state index contributed by atoms with van der Waals surface area (Å²) in [5, 5.41) is 3.34. The summed E-state index contributed by atoms with van der Waals surface area (Å²) in [4.78, 5) is 0. The quantitative estimate of drug-likeness (QED) is 0.538. The Bertz CT molecular complexity index is 377. The number of ether oxygens (including phenoxy) is 1. The van der Waals surface area contributed by atoms with Gasteiger partial charge in [0, 0.05) is 6.54 Å². The molecular weight excluding hydrogens is 234 g/mol. The molecule has 0 aliphatic rings. The molecule has 0 heterocycles. The standard InChI is InChI=1S/C17H25NO/c1-4-7-8-13-19-17-11-9-15(10-12-17)14-18-16(5-2)6-3/h2,9-12,16,18H,4,6-8,13-14H2,1,3H3. The van der Waals surface area contributed by atoms with Crippen molar-refractivity contribution in [1.29, 1.82) is 0 Å². The Labute approximate surface area is 117 Å². The van der Waals surface area contributed by atoms with Crippen LogP contribution in [0.5, 0.6) is 5.75 Å². The normalized spacial score (nSPS) is 11.8. The van der Waals surface area contributed by atoms with Crippen molar-refractivity contribution in [3.63, 3.8) is 0 Å². The molecule has 0 saturated carbocycles. The molecule has 1 N–H and O–H groups in total. The summed E-state index contributed by atoms with van der Waals surface area (Å²) >= 11 is 0. The first-order valence-electron chi connectivity index (χ1n) is 7.21. The molecule has 0 aliphatic heterocycles. The van der Waals surface area contributed by atoms with Crippen LogP contribution in [0.2, 0.25) is 0 Å². The fraction of sp³-hybridized carbons (Fsp3) is 0.529. The smallest absolute Gasteiger partial charge is 0.119 e. The molecule has 0 radical (unpaired) electrons. The van der Waals surface area contributed by atoms with Crippen molar-refractivity contribution in [2.45, 2.75) is 52.1 Å². The molecule has 1 atom stereocenters. The van der Waals surface area contributed by atoms with Gasteiger partial charge in [-0.2, -0.15) is 0 Å². The molecule has 0 aliphatic carbocycles. The summed E-state index contributed by atoms with van der Waals surface area (Å²) in [6, 6.07) is 8.39. The van der Waals surface area contributed by atoms with Gasteiger partial charge >= 0.3 is 0 Å². The number of rotatable bonds is 9. The lowest BCUT2D eigenvalue weighted by atomic mass is 10.2. The second-order valence-electron chi connectivity index (χ2n) is 4.71. The highest BCUT2D eigenvalue weighted by Gasteiger charge is 2.01. The fourth-order valence-electron chi connectivity index (χ4n) is 1.81. The highest BCUT2D eigenvalue weighted by Crippen LogP contribution is 2.13. The molecule has 0 saturated heterocycles. The predicted molar refractivity (Wildman–Crippen MR) is 81.2 cm³/mol. The van der Waals surface area contributed by atoms with E-state index in [0.29, 0.717) is 0 Å². The van der Waals surface area contributed by atoms with E-state index in [4.69, 9.17) is 11.2 Å². The summed E-state index contributed by atoms with van der Waals surface area (Å²) in [5.74, 6) is 3.69. The Kier molecular flexibility index (Phi) is 7.77. The summed E-state index contributed by atoms with van der Waals surface area (Å²) in [6.07, 6.45) is 9.95. The molecule has 0 fully saturated rings. The van der Waals surface area contributed by atoms with Gasteiger partial charge in [0.05, 0.1) is 12.6 Å². The average molecular weight is 259 g/mol. The molecule has 1 unspecified atom stereocenters. The van der Waals surface area contributed by atoms with Gasteiger partial charge in [-0.1, -0.05) is 44.7 Å². The number of nitrogens with one attached hydrogen (secondary N) is 1. The van der Waals surface area contributed by atoms with Crippen molar-refractivity contribution in [2.24, 2.45) is 0 Å². The third-order valence-electron chi connectivity index (χ3n) is 3.10. The monoisotopic (exact) mass is 259 g/mol. The zero-order chi connectivity index (χ0) is 13.9. The van der Waals surface area contributed by atoms with Crippen molar-refractivity contribution in [1.82, 2.24) is 5.32 Å². The Morgan fingerprint density at radius 1 is 1.21 bits per heavy atom. The maximum Gasteiger partial charge on any atom is 0.119 e. The maximum atomic E-state index is 5.68. The van der Waals surface area contributed by atoms with Gasteiger partial charge in [0.2, 0.25) is 0 Å². The number of benzene rings is 1. The third kappa shape index (κ3) is 6.31. The Morgan fingerprint density at radius 3 is 2.53 bits per heavy atom.